The summed E-state index contributed by atoms with van der Waals surface area (Å²) >= 11 is 0. The molecule has 0 amide bonds. The Labute approximate surface area is 125 Å². The molecule has 0 spiro atoms. The van der Waals surface area contributed by atoms with E-state index in [9.17, 15) is 0 Å². The molecule has 4 nitrogen and oxygen atoms in total. The minimum absolute atomic E-state index is 0. The molecule has 2 heterocycles. The summed E-state index contributed by atoms with van der Waals surface area (Å²) in [6.07, 6.45) is 5.72. The van der Waals surface area contributed by atoms with Crippen molar-refractivity contribution in [1.29, 1.82) is 0 Å². The average molecular weight is 294 g/mol. The Kier molecular flexibility index (Phi) is 5.44. The third-order valence-electron chi connectivity index (χ3n) is 3.66. The van der Waals surface area contributed by atoms with E-state index in [1.165, 1.54) is 24.9 Å². The van der Waals surface area contributed by atoms with Gasteiger partial charge >= 0.3 is 0 Å². The van der Waals surface area contributed by atoms with Crippen LogP contribution in [-0.2, 0) is 0 Å². The average Bonchev–Trinajstić information content (AvgIpc) is 3.01. The van der Waals surface area contributed by atoms with Crippen molar-refractivity contribution < 1.29 is 4.42 Å². The van der Waals surface area contributed by atoms with Crippen LogP contribution >= 0.6 is 12.4 Å². The minimum atomic E-state index is 0. The number of piperidine rings is 1. The number of aromatic nitrogens is 1. The molecule has 1 aromatic carbocycles. The molecule has 0 atom stereocenters. The summed E-state index contributed by atoms with van der Waals surface area (Å²) < 4.78 is 5.28. The minimum Gasteiger partial charge on any atom is -0.444 e. The highest BCUT2D eigenvalue weighted by atomic mass is 35.5. The smallest absolute Gasteiger partial charge is 0.181 e. The van der Waals surface area contributed by atoms with Gasteiger partial charge in [-0.05, 0) is 56.1 Å². The number of benzene rings is 1. The third-order valence-corrected chi connectivity index (χ3v) is 3.66. The fourth-order valence-electron chi connectivity index (χ4n) is 2.46. The first-order chi connectivity index (χ1) is 9.42. The molecular formula is C15H20ClN3O. The van der Waals surface area contributed by atoms with Gasteiger partial charge in [0.1, 0.15) is 0 Å². The molecule has 0 unspecified atom stereocenters. The van der Waals surface area contributed by atoms with E-state index < -0.39 is 0 Å². The van der Waals surface area contributed by atoms with E-state index in [4.69, 9.17) is 4.42 Å². The molecule has 2 N–H and O–H groups in total. The van der Waals surface area contributed by atoms with Crippen LogP contribution in [0, 0.1) is 5.92 Å². The number of anilines is 1. The standard InChI is InChI=1S/C15H19N3O.ClH/c1-3-14(18-9-12-5-7-16-8-6-12)4-2-13(1)15-10-17-11-19-15;/h1-4,10-12,16,18H,5-9H2;1H. The van der Waals surface area contributed by atoms with E-state index in [0.29, 0.717) is 0 Å². The number of nitrogens with zero attached hydrogens (tertiary/aromatic N) is 1. The van der Waals surface area contributed by atoms with Crippen molar-refractivity contribution in [2.75, 3.05) is 25.0 Å². The van der Waals surface area contributed by atoms with E-state index in [-0.39, 0.29) is 12.4 Å². The predicted octanol–water partition coefficient (Wildman–Crippen LogP) is 3.17. The summed E-state index contributed by atoms with van der Waals surface area (Å²) in [6.45, 7) is 3.36. The summed E-state index contributed by atoms with van der Waals surface area (Å²) in [5.74, 6) is 1.60. The van der Waals surface area contributed by atoms with Gasteiger partial charge in [-0.25, -0.2) is 4.98 Å². The second kappa shape index (κ2) is 7.31. The highest BCUT2D eigenvalue weighted by Crippen LogP contribution is 2.21. The topological polar surface area (TPSA) is 50.1 Å². The van der Waals surface area contributed by atoms with E-state index in [0.717, 1.165) is 36.9 Å². The summed E-state index contributed by atoms with van der Waals surface area (Å²) in [5.41, 5.74) is 2.23. The van der Waals surface area contributed by atoms with E-state index in [1.807, 2.05) is 0 Å². The maximum absolute atomic E-state index is 5.28. The van der Waals surface area contributed by atoms with Crippen LogP contribution in [0.5, 0.6) is 0 Å². The second-order valence-electron chi connectivity index (χ2n) is 5.02. The molecule has 0 aliphatic carbocycles. The number of rotatable bonds is 4. The van der Waals surface area contributed by atoms with Crippen LogP contribution in [0.4, 0.5) is 5.69 Å². The Balaban J connectivity index is 0.00000147. The molecule has 0 bridgehead atoms. The monoisotopic (exact) mass is 293 g/mol. The van der Waals surface area contributed by atoms with Crippen molar-refractivity contribution >= 4 is 18.1 Å². The van der Waals surface area contributed by atoms with Crippen molar-refractivity contribution in [3.05, 3.63) is 36.9 Å². The molecule has 0 saturated carbocycles. The Hall–Kier alpha value is -1.52. The summed E-state index contributed by atoms with van der Waals surface area (Å²) in [4.78, 5) is 3.93. The lowest BCUT2D eigenvalue weighted by Crippen LogP contribution is -2.31. The molecule has 0 radical (unpaired) electrons. The van der Waals surface area contributed by atoms with Crippen LogP contribution in [0.3, 0.4) is 0 Å². The van der Waals surface area contributed by atoms with Gasteiger partial charge in [-0.3, -0.25) is 0 Å². The van der Waals surface area contributed by atoms with E-state index in [1.54, 1.807) is 6.20 Å². The molecule has 1 saturated heterocycles. The fourth-order valence-corrected chi connectivity index (χ4v) is 2.46. The van der Waals surface area contributed by atoms with Crippen LogP contribution < -0.4 is 10.6 Å². The molecule has 1 aromatic heterocycles. The first-order valence-corrected chi connectivity index (χ1v) is 6.85. The van der Waals surface area contributed by atoms with Crippen molar-refractivity contribution in [3.63, 3.8) is 0 Å². The Morgan fingerprint density at radius 1 is 1.20 bits per heavy atom. The van der Waals surface area contributed by atoms with Gasteiger partial charge in [-0.2, -0.15) is 0 Å². The molecule has 2 aromatic rings. The van der Waals surface area contributed by atoms with Gasteiger partial charge in [0.2, 0.25) is 0 Å². The van der Waals surface area contributed by atoms with E-state index >= 15 is 0 Å². The van der Waals surface area contributed by atoms with Crippen LogP contribution in [0.15, 0.2) is 41.3 Å². The van der Waals surface area contributed by atoms with Gasteiger partial charge in [-0.15, -0.1) is 12.4 Å². The SMILES string of the molecule is Cl.c1ncc(-c2ccc(NCC3CCNCC3)cc2)o1. The van der Waals surface area contributed by atoms with Crippen molar-refractivity contribution in [3.8, 4) is 11.3 Å². The molecule has 3 rings (SSSR count). The highest BCUT2D eigenvalue weighted by Gasteiger charge is 2.12. The summed E-state index contributed by atoms with van der Waals surface area (Å²) in [5, 5.41) is 6.90. The quantitative estimate of drug-likeness (QED) is 0.909. The van der Waals surface area contributed by atoms with Gasteiger partial charge in [0.05, 0.1) is 6.20 Å². The molecule has 20 heavy (non-hydrogen) atoms. The normalized spacial score (nSPS) is 15.6. The van der Waals surface area contributed by atoms with Crippen LogP contribution in [-0.4, -0.2) is 24.6 Å². The van der Waals surface area contributed by atoms with Gasteiger partial charge in [0, 0.05) is 17.8 Å². The van der Waals surface area contributed by atoms with Crippen LogP contribution in [0.25, 0.3) is 11.3 Å². The van der Waals surface area contributed by atoms with Crippen LogP contribution in [0.2, 0.25) is 0 Å². The number of oxazole rings is 1. The molecule has 1 aliphatic heterocycles. The van der Waals surface area contributed by atoms with Crippen molar-refractivity contribution in [1.82, 2.24) is 10.3 Å². The lowest BCUT2D eigenvalue weighted by atomic mass is 9.98. The number of nitrogens with one attached hydrogen (secondary N) is 2. The lowest BCUT2D eigenvalue weighted by molar-refractivity contribution is 0.390. The zero-order valence-corrected chi connectivity index (χ0v) is 12.2. The first-order valence-electron chi connectivity index (χ1n) is 6.85. The van der Waals surface area contributed by atoms with Crippen LogP contribution in [0.1, 0.15) is 12.8 Å². The second-order valence-corrected chi connectivity index (χ2v) is 5.02. The Morgan fingerprint density at radius 2 is 1.95 bits per heavy atom. The number of halogens is 1. The maximum Gasteiger partial charge on any atom is 0.181 e. The first kappa shape index (κ1) is 14.9. The van der Waals surface area contributed by atoms with Gasteiger partial charge in [0.25, 0.3) is 0 Å². The molecule has 1 aliphatic rings. The predicted molar refractivity (Wildman–Crippen MR) is 83.3 cm³/mol. The maximum atomic E-state index is 5.28. The summed E-state index contributed by atoms with van der Waals surface area (Å²) in [7, 11) is 0. The fraction of sp³-hybridized carbons (Fsp3) is 0.400. The zero-order valence-electron chi connectivity index (χ0n) is 11.3. The highest BCUT2D eigenvalue weighted by molar-refractivity contribution is 5.85. The molecular weight excluding hydrogens is 274 g/mol. The Bertz CT molecular complexity index is 492. The largest absolute Gasteiger partial charge is 0.444 e. The molecule has 5 heteroatoms. The number of hydrogen-bond donors (Lipinski definition) is 2. The lowest BCUT2D eigenvalue weighted by Gasteiger charge is -2.23. The van der Waals surface area contributed by atoms with Gasteiger partial charge in [0.15, 0.2) is 12.2 Å². The number of hydrogen-bond acceptors (Lipinski definition) is 4. The van der Waals surface area contributed by atoms with Crippen molar-refractivity contribution in [2.24, 2.45) is 5.92 Å². The Morgan fingerprint density at radius 3 is 2.60 bits per heavy atom. The van der Waals surface area contributed by atoms with Crippen molar-refractivity contribution in [2.45, 2.75) is 12.8 Å². The molecule has 108 valence electrons. The van der Waals surface area contributed by atoms with Gasteiger partial charge < -0.3 is 15.1 Å². The summed E-state index contributed by atoms with van der Waals surface area (Å²) in [6, 6.07) is 8.31. The zero-order chi connectivity index (χ0) is 12.9. The third kappa shape index (κ3) is 3.74. The molecule has 1 fully saturated rings. The van der Waals surface area contributed by atoms with Gasteiger partial charge in [-0.1, -0.05) is 0 Å². The van der Waals surface area contributed by atoms with E-state index in [2.05, 4.69) is 39.9 Å².